The van der Waals surface area contributed by atoms with Crippen molar-refractivity contribution in [1.29, 1.82) is 0 Å². The van der Waals surface area contributed by atoms with Crippen molar-refractivity contribution >= 4 is 12.0 Å². The molecule has 0 bridgehead atoms. The number of carbonyl (C=O) groups is 2. The number of amides is 2. The largest absolute Gasteiger partial charge is 0.481 e. The van der Waals surface area contributed by atoms with Gasteiger partial charge in [-0.1, -0.05) is 13.3 Å². The van der Waals surface area contributed by atoms with Crippen molar-refractivity contribution in [1.82, 2.24) is 10.2 Å². The van der Waals surface area contributed by atoms with Crippen LogP contribution in [-0.4, -0.2) is 40.6 Å². The van der Waals surface area contributed by atoms with Crippen molar-refractivity contribution in [2.75, 3.05) is 6.54 Å². The van der Waals surface area contributed by atoms with E-state index in [-0.39, 0.29) is 24.5 Å². The van der Waals surface area contributed by atoms with Gasteiger partial charge in [0.2, 0.25) is 0 Å². The van der Waals surface area contributed by atoms with Crippen LogP contribution in [0.25, 0.3) is 0 Å². The van der Waals surface area contributed by atoms with Gasteiger partial charge in [-0.3, -0.25) is 4.79 Å². The lowest BCUT2D eigenvalue weighted by Crippen LogP contribution is -2.52. The smallest absolute Gasteiger partial charge is 0.317 e. The number of rotatable bonds is 4. The van der Waals surface area contributed by atoms with Crippen LogP contribution in [0.5, 0.6) is 0 Å². The molecule has 2 N–H and O–H groups in total. The SMILES string of the molecule is CCC1CCC(NC(=O)N2CCCCC2CC(=O)O)CC1. The number of hydrogen-bond donors (Lipinski definition) is 2. The third kappa shape index (κ3) is 4.61. The zero-order chi connectivity index (χ0) is 15.2. The first-order valence-electron chi connectivity index (χ1n) is 8.39. The number of urea groups is 1. The molecule has 1 atom stereocenters. The number of carbonyl (C=O) groups excluding carboxylic acids is 1. The van der Waals surface area contributed by atoms with Gasteiger partial charge in [0.25, 0.3) is 0 Å². The number of carboxylic acid groups (broad SMARTS) is 1. The molecule has 120 valence electrons. The van der Waals surface area contributed by atoms with E-state index in [1.807, 2.05) is 0 Å². The summed E-state index contributed by atoms with van der Waals surface area (Å²) in [4.78, 5) is 25.1. The highest BCUT2D eigenvalue weighted by molar-refractivity contribution is 5.76. The summed E-state index contributed by atoms with van der Waals surface area (Å²) in [7, 11) is 0. The van der Waals surface area contributed by atoms with Crippen LogP contribution in [0.3, 0.4) is 0 Å². The molecule has 1 unspecified atom stereocenters. The summed E-state index contributed by atoms with van der Waals surface area (Å²) in [5.41, 5.74) is 0. The molecule has 1 aliphatic heterocycles. The van der Waals surface area contributed by atoms with Gasteiger partial charge in [0.05, 0.1) is 6.42 Å². The second-order valence-electron chi connectivity index (χ2n) is 6.52. The van der Waals surface area contributed by atoms with Crippen LogP contribution >= 0.6 is 0 Å². The monoisotopic (exact) mass is 296 g/mol. The summed E-state index contributed by atoms with van der Waals surface area (Å²) in [6.07, 6.45) is 8.60. The lowest BCUT2D eigenvalue weighted by molar-refractivity contribution is -0.138. The number of hydrogen-bond acceptors (Lipinski definition) is 2. The predicted octanol–water partition coefficient (Wildman–Crippen LogP) is 2.99. The highest BCUT2D eigenvalue weighted by Gasteiger charge is 2.30. The van der Waals surface area contributed by atoms with E-state index >= 15 is 0 Å². The summed E-state index contributed by atoms with van der Waals surface area (Å²) in [6, 6.07) is 0.0804. The van der Waals surface area contributed by atoms with Crippen molar-refractivity contribution in [3.63, 3.8) is 0 Å². The van der Waals surface area contributed by atoms with Crippen molar-refractivity contribution in [2.45, 2.75) is 76.8 Å². The Labute approximate surface area is 127 Å². The van der Waals surface area contributed by atoms with Crippen LogP contribution in [0, 0.1) is 5.92 Å². The minimum Gasteiger partial charge on any atom is -0.481 e. The second kappa shape index (κ2) is 7.66. The molecule has 0 aromatic rings. The summed E-state index contributed by atoms with van der Waals surface area (Å²) in [5.74, 6) is -0.00366. The van der Waals surface area contributed by atoms with Crippen LogP contribution in [0.15, 0.2) is 0 Å². The molecule has 1 heterocycles. The van der Waals surface area contributed by atoms with Crippen molar-refractivity contribution in [3.05, 3.63) is 0 Å². The molecule has 2 rings (SSSR count). The fraction of sp³-hybridized carbons (Fsp3) is 0.875. The number of carboxylic acids is 1. The summed E-state index contributed by atoms with van der Waals surface area (Å²) < 4.78 is 0. The van der Waals surface area contributed by atoms with E-state index in [2.05, 4.69) is 12.2 Å². The van der Waals surface area contributed by atoms with Crippen LogP contribution < -0.4 is 5.32 Å². The Morgan fingerprint density at radius 1 is 1.14 bits per heavy atom. The van der Waals surface area contributed by atoms with E-state index in [1.165, 1.54) is 19.3 Å². The molecule has 5 nitrogen and oxygen atoms in total. The van der Waals surface area contributed by atoms with Crippen LogP contribution in [-0.2, 0) is 4.79 Å². The molecule has 0 aromatic heterocycles. The minimum atomic E-state index is -0.817. The van der Waals surface area contributed by atoms with Gasteiger partial charge in [-0.25, -0.2) is 4.79 Å². The zero-order valence-corrected chi connectivity index (χ0v) is 13.0. The molecule has 5 heteroatoms. The van der Waals surface area contributed by atoms with E-state index in [0.717, 1.165) is 38.0 Å². The Balaban J connectivity index is 1.84. The van der Waals surface area contributed by atoms with Crippen molar-refractivity contribution in [3.8, 4) is 0 Å². The second-order valence-corrected chi connectivity index (χ2v) is 6.52. The van der Waals surface area contributed by atoms with Gasteiger partial charge in [0.1, 0.15) is 0 Å². The highest BCUT2D eigenvalue weighted by Crippen LogP contribution is 2.27. The van der Waals surface area contributed by atoms with Crippen molar-refractivity contribution in [2.24, 2.45) is 5.92 Å². The molecule has 0 aromatic carbocycles. The molecule has 1 aliphatic carbocycles. The van der Waals surface area contributed by atoms with Gasteiger partial charge >= 0.3 is 12.0 Å². The van der Waals surface area contributed by atoms with E-state index in [0.29, 0.717) is 6.54 Å². The standard InChI is InChI=1S/C16H28N2O3/c1-2-12-6-8-13(9-7-12)17-16(21)18-10-4-3-5-14(18)11-15(19)20/h12-14H,2-11H2,1H3,(H,17,21)(H,19,20). The third-order valence-corrected chi connectivity index (χ3v) is 5.05. The summed E-state index contributed by atoms with van der Waals surface area (Å²) in [5, 5.41) is 12.1. The van der Waals surface area contributed by atoms with Gasteiger partial charge in [0, 0.05) is 18.6 Å². The molecule has 1 saturated carbocycles. The molecular formula is C16H28N2O3. The van der Waals surface area contributed by atoms with Gasteiger partial charge in [-0.15, -0.1) is 0 Å². The summed E-state index contributed by atoms with van der Waals surface area (Å²) >= 11 is 0. The Morgan fingerprint density at radius 3 is 2.48 bits per heavy atom. The molecule has 0 radical (unpaired) electrons. The lowest BCUT2D eigenvalue weighted by Gasteiger charge is -2.37. The lowest BCUT2D eigenvalue weighted by atomic mass is 9.84. The van der Waals surface area contributed by atoms with Crippen LogP contribution in [0.2, 0.25) is 0 Å². The predicted molar refractivity (Wildman–Crippen MR) is 81.2 cm³/mol. The van der Waals surface area contributed by atoms with Crippen LogP contribution in [0.4, 0.5) is 4.79 Å². The molecule has 1 saturated heterocycles. The Hall–Kier alpha value is -1.26. The third-order valence-electron chi connectivity index (χ3n) is 5.05. The first kappa shape index (κ1) is 16.1. The van der Waals surface area contributed by atoms with E-state index < -0.39 is 5.97 Å². The quantitative estimate of drug-likeness (QED) is 0.838. The molecule has 0 spiro atoms. The average molecular weight is 296 g/mol. The Kier molecular flexibility index (Phi) is 5.88. The first-order chi connectivity index (χ1) is 10.1. The molecule has 2 aliphatic rings. The highest BCUT2D eigenvalue weighted by atomic mass is 16.4. The Bertz CT molecular complexity index is 365. The van der Waals surface area contributed by atoms with E-state index in [1.54, 1.807) is 4.90 Å². The van der Waals surface area contributed by atoms with Gasteiger partial charge in [0.15, 0.2) is 0 Å². The molecule has 2 amide bonds. The topological polar surface area (TPSA) is 69.6 Å². The summed E-state index contributed by atoms with van der Waals surface area (Å²) in [6.45, 7) is 2.92. The number of piperidine rings is 1. The fourth-order valence-electron chi connectivity index (χ4n) is 3.65. The Morgan fingerprint density at radius 2 is 1.86 bits per heavy atom. The maximum absolute atomic E-state index is 12.4. The maximum atomic E-state index is 12.4. The van der Waals surface area contributed by atoms with Gasteiger partial charge in [-0.05, 0) is 50.9 Å². The average Bonchev–Trinajstić information content (AvgIpc) is 2.48. The van der Waals surface area contributed by atoms with E-state index in [9.17, 15) is 9.59 Å². The van der Waals surface area contributed by atoms with E-state index in [4.69, 9.17) is 5.11 Å². The first-order valence-corrected chi connectivity index (χ1v) is 8.39. The normalized spacial score (nSPS) is 30.0. The molecule has 2 fully saturated rings. The van der Waals surface area contributed by atoms with Crippen molar-refractivity contribution < 1.29 is 14.7 Å². The minimum absolute atomic E-state index is 0.0547. The van der Waals surface area contributed by atoms with Crippen LogP contribution in [0.1, 0.15) is 64.7 Å². The number of nitrogens with zero attached hydrogens (tertiary/aromatic N) is 1. The fourth-order valence-corrected chi connectivity index (χ4v) is 3.65. The molecule has 21 heavy (non-hydrogen) atoms. The maximum Gasteiger partial charge on any atom is 0.317 e. The zero-order valence-electron chi connectivity index (χ0n) is 13.0. The molecular weight excluding hydrogens is 268 g/mol. The van der Waals surface area contributed by atoms with Gasteiger partial charge in [-0.2, -0.15) is 0 Å². The van der Waals surface area contributed by atoms with Gasteiger partial charge < -0.3 is 15.3 Å². The number of likely N-dealkylation sites (tertiary alicyclic amines) is 1. The number of nitrogens with one attached hydrogen (secondary N) is 1. The number of aliphatic carboxylic acids is 1.